The van der Waals surface area contributed by atoms with Gasteiger partial charge < -0.3 is 4.74 Å². The first-order valence-electron chi connectivity index (χ1n) is 8.70. The normalized spacial score (nSPS) is 16.5. The molecule has 1 aromatic heterocycles. The van der Waals surface area contributed by atoms with Gasteiger partial charge >= 0.3 is 0 Å². The lowest BCUT2D eigenvalue weighted by Gasteiger charge is -2.08. The number of benzene rings is 2. The number of methoxy groups -OCH3 is 1. The number of carbonyl (C=O) groups excluding carboxylic acids is 1. The first-order valence-corrected chi connectivity index (χ1v) is 10.4. The maximum atomic E-state index is 12.8. The van der Waals surface area contributed by atoms with Gasteiger partial charge in [0.2, 0.25) is 5.13 Å². The van der Waals surface area contributed by atoms with Gasteiger partial charge in [0.25, 0.3) is 5.91 Å². The zero-order chi connectivity index (χ0) is 20.4. The molecule has 0 N–H and O–H groups in total. The number of carbonyl (C=O) groups is 1. The zero-order valence-corrected chi connectivity index (χ0v) is 18.0. The SMILES string of the molecule is COc1ccc(-c2csc(N3N=C(C)C(N=Nc4ccc(Br)cc4)C3=O)n2)cc1. The van der Waals surface area contributed by atoms with Gasteiger partial charge in [0.15, 0.2) is 6.04 Å². The summed E-state index contributed by atoms with van der Waals surface area (Å²) in [4.78, 5) is 17.4. The van der Waals surface area contributed by atoms with Crippen LogP contribution in [0.15, 0.2) is 73.7 Å². The largest absolute Gasteiger partial charge is 0.497 e. The lowest BCUT2D eigenvalue weighted by Crippen LogP contribution is -2.29. The molecule has 0 spiro atoms. The van der Waals surface area contributed by atoms with Gasteiger partial charge in [0.1, 0.15) is 5.75 Å². The minimum absolute atomic E-state index is 0.265. The van der Waals surface area contributed by atoms with E-state index < -0.39 is 6.04 Å². The summed E-state index contributed by atoms with van der Waals surface area (Å²) in [5.41, 5.74) is 2.96. The smallest absolute Gasteiger partial charge is 0.282 e. The van der Waals surface area contributed by atoms with E-state index in [0.717, 1.165) is 21.5 Å². The summed E-state index contributed by atoms with van der Waals surface area (Å²) >= 11 is 4.73. The fourth-order valence-electron chi connectivity index (χ4n) is 2.71. The predicted molar refractivity (Wildman–Crippen MR) is 117 cm³/mol. The van der Waals surface area contributed by atoms with Crippen LogP contribution in [0.1, 0.15) is 6.92 Å². The minimum Gasteiger partial charge on any atom is -0.497 e. The Kier molecular flexibility index (Phi) is 5.50. The highest BCUT2D eigenvalue weighted by Gasteiger charge is 2.36. The van der Waals surface area contributed by atoms with Gasteiger partial charge in [-0.15, -0.1) is 11.3 Å². The third kappa shape index (κ3) is 4.10. The molecule has 0 aliphatic carbocycles. The van der Waals surface area contributed by atoms with E-state index in [9.17, 15) is 4.79 Å². The van der Waals surface area contributed by atoms with Crippen LogP contribution in [-0.4, -0.2) is 29.8 Å². The van der Waals surface area contributed by atoms with Crippen LogP contribution in [-0.2, 0) is 4.79 Å². The van der Waals surface area contributed by atoms with E-state index in [4.69, 9.17) is 4.74 Å². The number of hydrogen-bond acceptors (Lipinski definition) is 7. The van der Waals surface area contributed by atoms with Crippen LogP contribution in [0, 0.1) is 0 Å². The molecule has 9 heteroatoms. The first kappa shape index (κ1) is 19.4. The Morgan fingerprint density at radius 2 is 1.86 bits per heavy atom. The van der Waals surface area contributed by atoms with Gasteiger partial charge in [-0.3, -0.25) is 4.79 Å². The average molecular weight is 470 g/mol. The molecular formula is C20H16BrN5O2S. The van der Waals surface area contributed by atoms with E-state index in [0.29, 0.717) is 16.5 Å². The van der Waals surface area contributed by atoms with Crippen LogP contribution < -0.4 is 9.75 Å². The molecule has 1 amide bonds. The van der Waals surface area contributed by atoms with Gasteiger partial charge in [-0.05, 0) is 55.5 Å². The summed E-state index contributed by atoms with van der Waals surface area (Å²) in [6.07, 6.45) is 0. The number of azo groups is 1. The van der Waals surface area contributed by atoms with Crippen LogP contribution in [0.4, 0.5) is 10.8 Å². The lowest BCUT2D eigenvalue weighted by atomic mass is 10.2. The Morgan fingerprint density at radius 1 is 1.14 bits per heavy atom. The number of aromatic nitrogens is 1. The standard InChI is InChI=1S/C20H16BrN5O2S/c1-12-18(24-23-15-7-5-14(21)6-8-15)19(27)26(25-12)20-22-17(11-29-20)13-3-9-16(28-2)10-4-13/h3-11,18H,1-2H3. The van der Waals surface area contributed by atoms with Gasteiger partial charge in [0.05, 0.1) is 24.2 Å². The van der Waals surface area contributed by atoms with Gasteiger partial charge in [-0.2, -0.15) is 20.3 Å². The van der Waals surface area contributed by atoms with Crippen molar-refractivity contribution >= 4 is 49.7 Å². The van der Waals surface area contributed by atoms with Crippen molar-refractivity contribution < 1.29 is 9.53 Å². The number of halogens is 1. The average Bonchev–Trinajstić information content (AvgIpc) is 3.33. The van der Waals surface area contributed by atoms with E-state index in [2.05, 4.69) is 36.2 Å². The van der Waals surface area contributed by atoms with E-state index in [1.165, 1.54) is 16.3 Å². The highest BCUT2D eigenvalue weighted by molar-refractivity contribution is 9.10. The molecule has 3 aromatic rings. The number of amides is 1. The molecule has 1 unspecified atom stereocenters. The van der Waals surface area contributed by atoms with Crippen LogP contribution in [0.5, 0.6) is 5.75 Å². The van der Waals surface area contributed by atoms with Crippen molar-refractivity contribution in [1.82, 2.24) is 4.98 Å². The monoisotopic (exact) mass is 469 g/mol. The summed E-state index contributed by atoms with van der Waals surface area (Å²) in [5, 5.41) is 16.4. The first-order chi connectivity index (χ1) is 14.0. The molecule has 29 heavy (non-hydrogen) atoms. The van der Waals surface area contributed by atoms with E-state index in [1.54, 1.807) is 14.0 Å². The number of anilines is 1. The quantitative estimate of drug-likeness (QED) is 0.465. The molecule has 0 radical (unpaired) electrons. The molecule has 1 aliphatic heterocycles. The molecule has 0 bridgehead atoms. The van der Waals surface area contributed by atoms with Crippen LogP contribution in [0.3, 0.4) is 0 Å². The summed E-state index contributed by atoms with van der Waals surface area (Å²) in [6.45, 7) is 1.77. The lowest BCUT2D eigenvalue weighted by molar-refractivity contribution is -0.117. The second-order valence-corrected chi connectivity index (χ2v) is 7.98. The maximum Gasteiger partial charge on any atom is 0.282 e. The summed E-state index contributed by atoms with van der Waals surface area (Å²) in [5.74, 6) is 0.511. The van der Waals surface area contributed by atoms with Crippen molar-refractivity contribution in [3.05, 3.63) is 58.4 Å². The van der Waals surface area contributed by atoms with E-state index >= 15 is 0 Å². The van der Waals surface area contributed by atoms with E-state index in [1.807, 2.05) is 53.9 Å². The molecule has 7 nitrogen and oxygen atoms in total. The van der Waals surface area contributed by atoms with Crippen molar-refractivity contribution in [2.75, 3.05) is 12.1 Å². The molecule has 1 atom stereocenters. The molecule has 0 fully saturated rings. The Morgan fingerprint density at radius 3 is 2.55 bits per heavy atom. The highest BCUT2D eigenvalue weighted by Crippen LogP contribution is 2.31. The number of ether oxygens (including phenoxy) is 1. The zero-order valence-electron chi connectivity index (χ0n) is 15.6. The Hall–Kier alpha value is -2.91. The fraction of sp³-hybridized carbons (Fsp3) is 0.150. The molecule has 1 aliphatic rings. The molecule has 2 aromatic carbocycles. The van der Waals surface area contributed by atoms with Gasteiger partial charge in [0, 0.05) is 15.4 Å². The Labute approximate surface area is 179 Å². The molecule has 4 rings (SSSR count). The number of hydrogen-bond donors (Lipinski definition) is 0. The van der Waals surface area contributed by atoms with Crippen molar-refractivity contribution in [2.45, 2.75) is 13.0 Å². The number of nitrogens with zero attached hydrogens (tertiary/aromatic N) is 5. The van der Waals surface area contributed by atoms with Crippen LogP contribution in [0.2, 0.25) is 0 Å². The van der Waals surface area contributed by atoms with Crippen molar-refractivity contribution in [1.29, 1.82) is 0 Å². The summed E-state index contributed by atoms with van der Waals surface area (Å²) < 4.78 is 6.13. The number of thiazole rings is 1. The fourth-order valence-corrected chi connectivity index (χ4v) is 3.77. The third-order valence-electron chi connectivity index (χ3n) is 4.27. The van der Waals surface area contributed by atoms with Crippen LogP contribution >= 0.6 is 27.3 Å². The number of rotatable bonds is 5. The van der Waals surface area contributed by atoms with Gasteiger partial charge in [-0.25, -0.2) is 4.98 Å². The van der Waals surface area contributed by atoms with Crippen molar-refractivity contribution in [2.24, 2.45) is 15.3 Å². The van der Waals surface area contributed by atoms with Crippen LogP contribution in [0.25, 0.3) is 11.3 Å². The van der Waals surface area contributed by atoms with E-state index in [-0.39, 0.29) is 5.91 Å². The third-order valence-corrected chi connectivity index (χ3v) is 5.62. The predicted octanol–water partition coefficient (Wildman–Crippen LogP) is 5.46. The second-order valence-electron chi connectivity index (χ2n) is 6.23. The summed E-state index contributed by atoms with van der Waals surface area (Å²) in [6, 6.07) is 14.2. The molecular weight excluding hydrogens is 454 g/mol. The van der Waals surface area contributed by atoms with Crippen molar-refractivity contribution in [3.63, 3.8) is 0 Å². The second kappa shape index (κ2) is 8.22. The molecule has 146 valence electrons. The molecule has 0 saturated carbocycles. The highest BCUT2D eigenvalue weighted by atomic mass is 79.9. The number of hydrazone groups is 1. The Balaban J connectivity index is 1.52. The molecule has 0 saturated heterocycles. The van der Waals surface area contributed by atoms with Crippen molar-refractivity contribution in [3.8, 4) is 17.0 Å². The summed E-state index contributed by atoms with van der Waals surface area (Å²) in [7, 11) is 1.62. The maximum absolute atomic E-state index is 12.8. The van der Waals surface area contributed by atoms with Gasteiger partial charge in [-0.1, -0.05) is 15.9 Å². The molecule has 2 heterocycles. The Bertz CT molecular complexity index is 1090. The topological polar surface area (TPSA) is 79.5 Å². The minimum atomic E-state index is -0.744.